The lowest BCUT2D eigenvalue weighted by atomic mass is 10.0. The summed E-state index contributed by atoms with van der Waals surface area (Å²) in [6, 6.07) is 23.3. The van der Waals surface area contributed by atoms with Crippen molar-refractivity contribution in [3.8, 4) is 16.9 Å². The van der Waals surface area contributed by atoms with Gasteiger partial charge in [-0.25, -0.2) is 9.59 Å². The summed E-state index contributed by atoms with van der Waals surface area (Å²) in [4.78, 5) is 26.2. The lowest BCUT2D eigenvalue weighted by Gasteiger charge is -2.25. The van der Waals surface area contributed by atoms with Crippen molar-refractivity contribution >= 4 is 23.8 Å². The number of ether oxygens (including phenoxy) is 2. The maximum absolute atomic E-state index is 13.0. The molecule has 0 fully saturated rings. The second-order valence-corrected chi connectivity index (χ2v) is 8.07. The standard InChI is InChI=1S/C28H30N2O4/c1-20(2)29-28(32)30(25-9-5-7-21(17-25)13-16-27(31)34-4)19-22-11-14-23(15-12-22)24-8-6-10-26(18-24)33-3/h5-18,20H,19H2,1-4H3,(H,29,32)/b16-13+. The molecule has 6 heteroatoms. The highest BCUT2D eigenvalue weighted by Gasteiger charge is 2.17. The number of esters is 1. The topological polar surface area (TPSA) is 67.9 Å². The molecule has 0 aliphatic carbocycles. The number of urea groups is 1. The van der Waals surface area contributed by atoms with Crippen molar-refractivity contribution in [2.75, 3.05) is 19.1 Å². The smallest absolute Gasteiger partial charge is 0.330 e. The molecule has 0 spiro atoms. The molecule has 2 amide bonds. The average Bonchev–Trinajstić information content (AvgIpc) is 2.85. The average molecular weight is 459 g/mol. The minimum Gasteiger partial charge on any atom is -0.497 e. The van der Waals surface area contributed by atoms with Crippen molar-refractivity contribution in [1.29, 1.82) is 0 Å². The summed E-state index contributed by atoms with van der Waals surface area (Å²) in [6.45, 7) is 4.24. The summed E-state index contributed by atoms with van der Waals surface area (Å²) in [5.74, 6) is 0.371. The van der Waals surface area contributed by atoms with Crippen LogP contribution in [0.25, 0.3) is 17.2 Å². The monoisotopic (exact) mass is 458 g/mol. The zero-order chi connectivity index (χ0) is 24.5. The van der Waals surface area contributed by atoms with E-state index in [0.29, 0.717) is 6.54 Å². The Morgan fingerprint density at radius 2 is 1.68 bits per heavy atom. The third-order valence-corrected chi connectivity index (χ3v) is 5.15. The number of methoxy groups -OCH3 is 2. The highest BCUT2D eigenvalue weighted by Crippen LogP contribution is 2.25. The number of nitrogens with one attached hydrogen (secondary N) is 1. The van der Waals surface area contributed by atoms with E-state index in [1.807, 2.05) is 86.6 Å². The molecule has 0 aliphatic rings. The number of nitrogens with zero attached hydrogens (tertiary/aromatic N) is 1. The van der Waals surface area contributed by atoms with Crippen LogP contribution in [0.15, 0.2) is 78.9 Å². The van der Waals surface area contributed by atoms with E-state index >= 15 is 0 Å². The van der Waals surface area contributed by atoms with E-state index in [0.717, 1.165) is 33.7 Å². The van der Waals surface area contributed by atoms with Gasteiger partial charge in [-0.15, -0.1) is 0 Å². The molecule has 34 heavy (non-hydrogen) atoms. The Balaban J connectivity index is 1.86. The van der Waals surface area contributed by atoms with Crippen LogP contribution in [0.1, 0.15) is 25.0 Å². The van der Waals surface area contributed by atoms with E-state index in [2.05, 4.69) is 10.1 Å². The van der Waals surface area contributed by atoms with Crippen LogP contribution in [0.5, 0.6) is 5.75 Å². The van der Waals surface area contributed by atoms with Gasteiger partial charge in [0.05, 0.1) is 20.8 Å². The molecular weight excluding hydrogens is 428 g/mol. The third-order valence-electron chi connectivity index (χ3n) is 5.15. The number of hydrogen-bond acceptors (Lipinski definition) is 4. The SMILES string of the molecule is COC(=O)/C=C/c1cccc(N(Cc2ccc(-c3cccc(OC)c3)cc2)C(=O)NC(C)C)c1. The molecule has 3 rings (SSSR count). The summed E-state index contributed by atoms with van der Waals surface area (Å²) < 4.78 is 9.98. The van der Waals surface area contributed by atoms with E-state index in [1.165, 1.54) is 13.2 Å². The zero-order valence-corrected chi connectivity index (χ0v) is 19.9. The lowest BCUT2D eigenvalue weighted by Crippen LogP contribution is -2.42. The van der Waals surface area contributed by atoms with Crippen molar-refractivity contribution in [3.63, 3.8) is 0 Å². The van der Waals surface area contributed by atoms with Crippen LogP contribution in [0, 0.1) is 0 Å². The minimum atomic E-state index is -0.434. The third kappa shape index (κ3) is 6.72. The van der Waals surface area contributed by atoms with Crippen molar-refractivity contribution in [1.82, 2.24) is 5.32 Å². The molecule has 0 unspecified atom stereocenters. The fourth-order valence-corrected chi connectivity index (χ4v) is 3.42. The summed E-state index contributed by atoms with van der Waals surface area (Å²) in [5, 5.41) is 2.97. The van der Waals surface area contributed by atoms with Crippen molar-refractivity contribution in [3.05, 3.63) is 90.0 Å². The molecule has 0 saturated carbocycles. The highest BCUT2D eigenvalue weighted by molar-refractivity contribution is 5.93. The normalized spacial score (nSPS) is 10.9. The fourth-order valence-electron chi connectivity index (χ4n) is 3.42. The van der Waals surface area contributed by atoms with Gasteiger partial charge in [-0.3, -0.25) is 4.90 Å². The molecule has 6 nitrogen and oxygen atoms in total. The van der Waals surface area contributed by atoms with Crippen molar-refractivity contribution in [2.24, 2.45) is 0 Å². The molecule has 0 aliphatic heterocycles. The van der Waals surface area contributed by atoms with Crippen LogP contribution in [-0.2, 0) is 16.1 Å². The molecular formula is C28H30N2O4. The molecule has 0 atom stereocenters. The molecule has 176 valence electrons. The number of hydrogen-bond donors (Lipinski definition) is 1. The molecule has 3 aromatic carbocycles. The summed E-state index contributed by atoms with van der Waals surface area (Å²) in [6.07, 6.45) is 3.02. The Bertz CT molecular complexity index is 1150. The molecule has 1 N–H and O–H groups in total. The van der Waals surface area contributed by atoms with E-state index in [4.69, 9.17) is 4.74 Å². The molecule has 0 radical (unpaired) electrons. The van der Waals surface area contributed by atoms with Crippen molar-refractivity contribution in [2.45, 2.75) is 26.4 Å². The van der Waals surface area contributed by atoms with Crippen LogP contribution >= 0.6 is 0 Å². The first kappa shape index (κ1) is 24.6. The van der Waals surface area contributed by atoms with E-state index in [9.17, 15) is 9.59 Å². The van der Waals surface area contributed by atoms with Gasteiger partial charge in [-0.2, -0.15) is 0 Å². The molecule has 0 bridgehead atoms. The first-order chi connectivity index (χ1) is 16.4. The second-order valence-electron chi connectivity index (χ2n) is 8.07. The van der Waals surface area contributed by atoms with Gasteiger partial charge in [0.25, 0.3) is 0 Å². The number of amides is 2. The van der Waals surface area contributed by atoms with Gasteiger partial charge in [0, 0.05) is 17.8 Å². The van der Waals surface area contributed by atoms with E-state index < -0.39 is 5.97 Å². The molecule has 0 heterocycles. The predicted molar refractivity (Wildman–Crippen MR) is 136 cm³/mol. The summed E-state index contributed by atoms with van der Waals surface area (Å²) in [5.41, 5.74) is 4.63. The largest absolute Gasteiger partial charge is 0.497 e. The Labute approximate surface area is 200 Å². The van der Waals surface area contributed by atoms with Gasteiger partial charge in [0.2, 0.25) is 0 Å². The van der Waals surface area contributed by atoms with Gasteiger partial charge in [-0.1, -0.05) is 48.5 Å². The van der Waals surface area contributed by atoms with Gasteiger partial charge in [0.15, 0.2) is 0 Å². The predicted octanol–water partition coefficient (Wildman–Crippen LogP) is 5.67. The number of benzene rings is 3. The van der Waals surface area contributed by atoms with Gasteiger partial charge in [-0.05, 0) is 66.4 Å². The van der Waals surface area contributed by atoms with Gasteiger partial charge >= 0.3 is 12.0 Å². The fraction of sp³-hybridized carbons (Fsp3) is 0.214. The van der Waals surface area contributed by atoms with E-state index in [-0.39, 0.29) is 12.1 Å². The van der Waals surface area contributed by atoms with Crippen LogP contribution in [0.2, 0.25) is 0 Å². The Kier molecular flexibility index (Phi) is 8.46. The molecule has 3 aromatic rings. The second kappa shape index (κ2) is 11.7. The Morgan fingerprint density at radius 3 is 2.35 bits per heavy atom. The minimum absolute atomic E-state index is 0.00663. The maximum atomic E-state index is 13.0. The van der Waals surface area contributed by atoms with Crippen molar-refractivity contribution < 1.29 is 19.1 Å². The van der Waals surface area contributed by atoms with Gasteiger partial charge < -0.3 is 14.8 Å². The number of rotatable bonds is 8. The number of carbonyl (C=O) groups is 2. The lowest BCUT2D eigenvalue weighted by molar-refractivity contribution is -0.134. The zero-order valence-electron chi connectivity index (χ0n) is 19.9. The Hall–Kier alpha value is -4.06. The maximum Gasteiger partial charge on any atom is 0.330 e. The first-order valence-electron chi connectivity index (χ1n) is 11.1. The van der Waals surface area contributed by atoms with E-state index in [1.54, 1.807) is 18.1 Å². The first-order valence-corrected chi connectivity index (χ1v) is 11.1. The van der Waals surface area contributed by atoms with Crippen LogP contribution < -0.4 is 15.0 Å². The van der Waals surface area contributed by atoms with Crippen LogP contribution in [0.4, 0.5) is 10.5 Å². The number of anilines is 1. The van der Waals surface area contributed by atoms with Crippen LogP contribution in [0.3, 0.4) is 0 Å². The molecule has 0 saturated heterocycles. The molecule has 0 aromatic heterocycles. The summed E-state index contributed by atoms with van der Waals surface area (Å²) >= 11 is 0. The van der Waals surface area contributed by atoms with Crippen LogP contribution in [-0.4, -0.2) is 32.3 Å². The quantitative estimate of drug-likeness (QED) is 0.349. The number of carbonyl (C=O) groups excluding carboxylic acids is 2. The van der Waals surface area contributed by atoms with Gasteiger partial charge in [0.1, 0.15) is 5.75 Å². The highest BCUT2D eigenvalue weighted by atomic mass is 16.5. The summed E-state index contributed by atoms with van der Waals surface area (Å²) in [7, 11) is 2.99. The Morgan fingerprint density at radius 1 is 0.941 bits per heavy atom.